The minimum atomic E-state index is -0.728. The van der Waals surface area contributed by atoms with E-state index in [-0.39, 0.29) is 27.6 Å². The number of allylic oxidation sites excluding steroid dienone is 3. The predicted molar refractivity (Wildman–Crippen MR) is 311 cm³/mol. The van der Waals surface area contributed by atoms with Crippen molar-refractivity contribution < 1.29 is 4.42 Å². The second kappa shape index (κ2) is 16.7. The van der Waals surface area contributed by atoms with Crippen molar-refractivity contribution in [2.45, 2.75) is 116 Å². The molecule has 3 aliphatic rings. The number of benzene rings is 7. The third-order valence-electron chi connectivity index (χ3n) is 16.1. The average Bonchev–Trinajstić information content (AvgIpc) is 4.03. The molecule has 7 aromatic carbocycles. The molecular weight excluding hydrogens is 899 g/mol. The van der Waals surface area contributed by atoms with Crippen molar-refractivity contribution in [1.29, 1.82) is 0 Å². The maximum absolute atomic E-state index is 7.26. The topological polar surface area (TPSA) is 32.5 Å². The van der Waals surface area contributed by atoms with Gasteiger partial charge in [0.05, 0.1) is 21.9 Å². The zero-order chi connectivity index (χ0) is 51.7. The summed E-state index contributed by atoms with van der Waals surface area (Å²) in [5.41, 5.74) is 24.8. The van der Waals surface area contributed by atoms with E-state index in [1.54, 1.807) is 0 Å². The molecule has 0 bridgehead atoms. The van der Waals surface area contributed by atoms with E-state index in [0.29, 0.717) is 5.71 Å². The van der Waals surface area contributed by atoms with Crippen molar-refractivity contribution in [3.8, 4) is 11.1 Å². The molecule has 0 saturated carbocycles. The Bertz CT molecular complexity index is 3660. The number of pyridine rings is 1. The molecule has 0 N–H and O–H groups in total. The summed E-state index contributed by atoms with van der Waals surface area (Å²) in [4.78, 5) is 9.83. The highest BCUT2D eigenvalue weighted by molar-refractivity contribution is 6.19. The fourth-order valence-electron chi connectivity index (χ4n) is 12.1. The Hall–Kier alpha value is -7.65. The molecule has 0 amide bonds. The largest absolute Gasteiger partial charge is 0.437 e. The van der Waals surface area contributed by atoms with Crippen molar-refractivity contribution in [2.75, 3.05) is 9.80 Å². The number of furan rings is 1. The van der Waals surface area contributed by atoms with Crippen LogP contribution in [-0.4, -0.2) is 4.98 Å². The quantitative estimate of drug-likeness (QED) is 0.155. The van der Waals surface area contributed by atoms with Gasteiger partial charge in [-0.1, -0.05) is 174 Å². The fraction of sp³-hybridized carbons (Fsp3) is 0.257. The summed E-state index contributed by atoms with van der Waals surface area (Å²) in [5.74, 6) is 0.0344. The Balaban J connectivity index is 1.18. The highest BCUT2D eigenvalue weighted by Gasteiger charge is 2.56. The molecule has 9 aromatic rings. The fourth-order valence-corrected chi connectivity index (χ4v) is 12.1. The summed E-state index contributed by atoms with van der Waals surface area (Å²) >= 11 is 0. The number of fused-ring (bicyclic) bond motifs is 14. The first-order chi connectivity index (χ1) is 35.2. The number of aromatic nitrogens is 1. The molecule has 4 nitrogen and oxygen atoms in total. The van der Waals surface area contributed by atoms with Crippen molar-refractivity contribution in [3.63, 3.8) is 0 Å². The minimum absolute atomic E-state index is 0.00851. The Morgan fingerprint density at radius 1 is 0.500 bits per heavy atom. The summed E-state index contributed by atoms with van der Waals surface area (Å²) in [6.45, 7) is 27.4. The lowest BCUT2D eigenvalue weighted by molar-refractivity contribution is 0.590. The van der Waals surface area contributed by atoms with Crippen LogP contribution in [0.4, 0.5) is 34.1 Å². The molecule has 2 atom stereocenters. The van der Waals surface area contributed by atoms with Crippen molar-refractivity contribution in [1.82, 2.24) is 4.98 Å². The van der Waals surface area contributed by atoms with Crippen LogP contribution < -0.4 is 9.80 Å². The molecule has 2 aromatic heterocycles. The van der Waals surface area contributed by atoms with E-state index in [1.165, 1.54) is 50.1 Å². The number of hydrogen-bond donors (Lipinski definition) is 0. The van der Waals surface area contributed by atoms with Crippen LogP contribution in [0.25, 0.3) is 33.2 Å². The van der Waals surface area contributed by atoms with E-state index in [1.807, 2.05) is 12.3 Å². The lowest BCUT2D eigenvalue weighted by atomic mass is 9.69. The van der Waals surface area contributed by atoms with Gasteiger partial charge in [0.25, 0.3) is 0 Å². The minimum Gasteiger partial charge on any atom is -0.437 e. The first-order valence-corrected chi connectivity index (χ1v) is 26.5. The molecule has 74 heavy (non-hydrogen) atoms. The summed E-state index contributed by atoms with van der Waals surface area (Å²) in [7, 11) is 0. The zero-order valence-electron chi connectivity index (χ0n) is 45.1. The average molecular weight is 966 g/mol. The standard InChI is InChI=1S/C70H67N3O/c1-66(2,3)44-23-31-48(32-24-44)72(49-33-25-45(26-34-49)67(4,5)6)52-39-40-55-59(42-52)70(57-21-15-13-18-53(57)54-19-14-16-22-58(54)70)60-43-61(63-56-20-17-41-71-65(56)74-64(63)62(55)60)73(50-35-27-46(28-36-50)68(7,8)9)51-37-29-47(30-38-51)69(10,11)12/h13-21,23-43,54H,1-12H3. The van der Waals surface area contributed by atoms with Crippen LogP contribution in [0.3, 0.4) is 0 Å². The molecule has 368 valence electrons. The van der Waals surface area contributed by atoms with Crippen LogP contribution in [0.15, 0.2) is 198 Å². The number of nitrogens with zero attached hydrogens (tertiary/aromatic N) is 3. The van der Waals surface area contributed by atoms with E-state index < -0.39 is 5.41 Å². The molecule has 12 rings (SSSR count). The third kappa shape index (κ3) is 7.44. The van der Waals surface area contributed by atoms with Crippen LogP contribution in [0, 0.1) is 0 Å². The van der Waals surface area contributed by atoms with Crippen molar-refractivity contribution >= 4 is 56.2 Å². The Labute approximate surface area is 438 Å². The van der Waals surface area contributed by atoms with Gasteiger partial charge in [-0.15, -0.1) is 5.73 Å². The Morgan fingerprint density at radius 3 is 1.53 bits per heavy atom. The number of anilines is 6. The van der Waals surface area contributed by atoms with Crippen LogP contribution in [0.5, 0.6) is 0 Å². The summed E-state index contributed by atoms with van der Waals surface area (Å²) < 4.78 is 7.26. The maximum atomic E-state index is 7.26. The summed E-state index contributed by atoms with van der Waals surface area (Å²) in [5, 5.41) is 2.02. The zero-order valence-corrected chi connectivity index (χ0v) is 45.1. The second-order valence-corrected chi connectivity index (χ2v) is 25.0. The molecule has 3 aliphatic carbocycles. The van der Waals surface area contributed by atoms with Gasteiger partial charge in [0.2, 0.25) is 5.71 Å². The molecule has 0 aliphatic heterocycles. The molecule has 4 heteroatoms. The summed E-state index contributed by atoms with van der Waals surface area (Å²) in [6.07, 6.45) is 8.50. The van der Waals surface area contributed by atoms with Gasteiger partial charge in [-0.2, -0.15) is 0 Å². The van der Waals surface area contributed by atoms with Gasteiger partial charge < -0.3 is 14.2 Å². The molecule has 0 fully saturated rings. The molecule has 0 saturated heterocycles. The lowest BCUT2D eigenvalue weighted by Gasteiger charge is -2.34. The monoisotopic (exact) mass is 966 g/mol. The van der Waals surface area contributed by atoms with Gasteiger partial charge >= 0.3 is 0 Å². The Kier molecular flexibility index (Phi) is 10.7. The van der Waals surface area contributed by atoms with Crippen LogP contribution in [0.2, 0.25) is 0 Å². The van der Waals surface area contributed by atoms with Gasteiger partial charge in [-0.3, -0.25) is 0 Å². The van der Waals surface area contributed by atoms with Gasteiger partial charge in [0, 0.05) is 51.7 Å². The normalized spacial score (nSPS) is 16.9. The smallest absolute Gasteiger partial charge is 0.227 e. The highest BCUT2D eigenvalue weighted by atomic mass is 16.3. The van der Waals surface area contributed by atoms with Crippen molar-refractivity contribution in [2.24, 2.45) is 0 Å². The van der Waals surface area contributed by atoms with Crippen LogP contribution >= 0.6 is 0 Å². The highest BCUT2D eigenvalue weighted by Crippen LogP contribution is 2.67. The number of hydrogen-bond acceptors (Lipinski definition) is 4. The molecule has 0 radical (unpaired) electrons. The molecular formula is C70H67N3O. The SMILES string of the molecule is CC(C)(C)c1ccc(N(c2ccc(C(C)(C)C)cc2)c2ccc3c(c2)C2(C4=C=CC=CC4c4ccccc42)c2cc(N(c4ccc(C(C)(C)C)cc4)c4ccc(C(C)(C)C)cc4)c4c(oc5ncccc54)c2-3)cc1. The molecule has 2 unspecified atom stereocenters. The third-order valence-corrected chi connectivity index (χ3v) is 16.1. The van der Waals surface area contributed by atoms with Crippen molar-refractivity contribution in [3.05, 3.63) is 238 Å². The lowest BCUT2D eigenvalue weighted by Crippen LogP contribution is -2.27. The van der Waals surface area contributed by atoms with E-state index in [9.17, 15) is 0 Å². The first-order valence-electron chi connectivity index (χ1n) is 26.5. The van der Waals surface area contributed by atoms with E-state index in [4.69, 9.17) is 9.40 Å². The van der Waals surface area contributed by atoms with Gasteiger partial charge in [-0.25, -0.2) is 4.98 Å². The van der Waals surface area contributed by atoms with E-state index in [2.05, 4.69) is 269 Å². The second-order valence-electron chi connectivity index (χ2n) is 25.0. The maximum Gasteiger partial charge on any atom is 0.227 e. The van der Waals surface area contributed by atoms with Crippen LogP contribution in [0.1, 0.15) is 134 Å². The number of rotatable bonds is 6. The predicted octanol–water partition coefficient (Wildman–Crippen LogP) is 19.2. The van der Waals surface area contributed by atoms with Gasteiger partial charge in [-0.05, 0) is 157 Å². The van der Waals surface area contributed by atoms with E-state index >= 15 is 0 Å². The summed E-state index contributed by atoms with van der Waals surface area (Å²) in [6, 6.07) is 59.7. The molecule has 1 spiro atoms. The van der Waals surface area contributed by atoms with E-state index in [0.717, 1.165) is 61.6 Å². The van der Waals surface area contributed by atoms with Crippen LogP contribution in [-0.2, 0) is 27.1 Å². The molecule has 2 heterocycles. The first kappa shape index (κ1) is 47.4. The van der Waals surface area contributed by atoms with Gasteiger partial charge in [0.1, 0.15) is 5.58 Å². The Morgan fingerprint density at radius 2 is 1.00 bits per heavy atom. The van der Waals surface area contributed by atoms with Gasteiger partial charge in [0.15, 0.2) is 0 Å².